The van der Waals surface area contributed by atoms with E-state index in [0.717, 1.165) is 28.4 Å². The van der Waals surface area contributed by atoms with Gasteiger partial charge in [0.2, 0.25) is 0 Å². The van der Waals surface area contributed by atoms with Crippen LogP contribution in [0.5, 0.6) is 5.75 Å². The Balaban J connectivity index is 2.11. The minimum Gasteiger partial charge on any atom is -0.497 e. The molecule has 0 aliphatic heterocycles. The summed E-state index contributed by atoms with van der Waals surface area (Å²) in [5, 5.41) is 3.16. The molecule has 0 aliphatic carbocycles. The number of aromatic nitrogens is 1. The number of aryl methyl sites for hydroxylation is 2. The monoisotopic (exact) mass is 260 g/mol. The molecule has 100 valence electrons. The Morgan fingerprint density at radius 1 is 1.16 bits per heavy atom. The van der Waals surface area contributed by atoms with Gasteiger partial charge in [0.05, 0.1) is 19.3 Å². The number of nitrogens with zero attached hydrogens (tertiary/aromatic N) is 1. The average Bonchev–Trinajstić information content (AvgIpc) is 2.34. The lowest BCUT2D eigenvalue weighted by Crippen LogP contribution is -2.03. The fourth-order valence-electron chi connectivity index (χ4n) is 1.94. The SMILES string of the molecule is COc1cc(C)nc(CNc2cc(C)cc(F)c2)c1. The predicted molar refractivity (Wildman–Crippen MR) is 74.0 cm³/mol. The summed E-state index contributed by atoms with van der Waals surface area (Å²) < 4.78 is 18.5. The molecule has 0 atom stereocenters. The summed E-state index contributed by atoms with van der Waals surface area (Å²) in [4.78, 5) is 4.41. The van der Waals surface area contributed by atoms with Gasteiger partial charge < -0.3 is 10.1 Å². The van der Waals surface area contributed by atoms with Crippen molar-refractivity contribution in [2.75, 3.05) is 12.4 Å². The third-order valence-corrected chi connectivity index (χ3v) is 2.73. The van der Waals surface area contributed by atoms with Crippen molar-refractivity contribution in [2.45, 2.75) is 20.4 Å². The molecule has 0 spiro atoms. The lowest BCUT2D eigenvalue weighted by Gasteiger charge is -2.09. The first kappa shape index (κ1) is 13.3. The average molecular weight is 260 g/mol. The standard InChI is InChI=1S/C15H17FN2O/c1-10-4-12(16)7-13(5-10)17-9-14-8-15(19-3)6-11(2)18-14/h4-8,17H,9H2,1-3H3. The van der Waals surface area contributed by atoms with Gasteiger partial charge in [-0.15, -0.1) is 0 Å². The lowest BCUT2D eigenvalue weighted by molar-refractivity contribution is 0.413. The number of benzene rings is 1. The number of halogens is 1. The van der Waals surface area contributed by atoms with E-state index in [1.165, 1.54) is 12.1 Å². The molecule has 3 nitrogen and oxygen atoms in total. The van der Waals surface area contributed by atoms with Crippen LogP contribution >= 0.6 is 0 Å². The highest BCUT2D eigenvalue weighted by Gasteiger charge is 2.02. The number of hydrogen-bond acceptors (Lipinski definition) is 3. The van der Waals surface area contributed by atoms with Gasteiger partial charge in [0.1, 0.15) is 11.6 Å². The highest BCUT2D eigenvalue weighted by atomic mass is 19.1. The molecule has 0 aliphatic rings. The zero-order valence-corrected chi connectivity index (χ0v) is 11.3. The van der Waals surface area contributed by atoms with Crippen LogP contribution in [-0.2, 0) is 6.54 Å². The topological polar surface area (TPSA) is 34.1 Å². The quantitative estimate of drug-likeness (QED) is 0.914. The Bertz CT molecular complexity index is 564. The van der Waals surface area contributed by atoms with E-state index in [9.17, 15) is 4.39 Å². The molecule has 0 saturated carbocycles. The molecule has 0 fully saturated rings. The Labute approximate surface area is 112 Å². The summed E-state index contributed by atoms with van der Waals surface area (Å²) in [5.74, 6) is 0.539. The highest BCUT2D eigenvalue weighted by Crippen LogP contribution is 2.17. The van der Waals surface area contributed by atoms with Gasteiger partial charge in [-0.2, -0.15) is 0 Å². The van der Waals surface area contributed by atoms with E-state index in [-0.39, 0.29) is 5.82 Å². The minimum absolute atomic E-state index is 0.239. The maximum atomic E-state index is 13.3. The van der Waals surface area contributed by atoms with Gasteiger partial charge in [-0.1, -0.05) is 0 Å². The summed E-state index contributed by atoms with van der Waals surface area (Å²) in [6, 6.07) is 8.61. The molecule has 0 radical (unpaired) electrons. The van der Waals surface area contributed by atoms with Crippen molar-refractivity contribution < 1.29 is 9.13 Å². The molecule has 19 heavy (non-hydrogen) atoms. The van der Waals surface area contributed by atoms with E-state index in [2.05, 4.69) is 10.3 Å². The molecule has 0 bridgehead atoms. The number of ether oxygens (including phenoxy) is 1. The van der Waals surface area contributed by atoms with Gasteiger partial charge >= 0.3 is 0 Å². The second-order valence-corrected chi connectivity index (χ2v) is 4.51. The van der Waals surface area contributed by atoms with E-state index in [1.54, 1.807) is 7.11 Å². The number of anilines is 1. The van der Waals surface area contributed by atoms with Crippen molar-refractivity contribution in [1.29, 1.82) is 0 Å². The van der Waals surface area contributed by atoms with Gasteiger partial charge in [0.25, 0.3) is 0 Å². The number of methoxy groups -OCH3 is 1. The molecule has 4 heteroatoms. The summed E-state index contributed by atoms with van der Waals surface area (Å²) in [6.07, 6.45) is 0. The number of rotatable bonds is 4. The van der Waals surface area contributed by atoms with Crippen LogP contribution in [0.1, 0.15) is 17.0 Å². The first-order chi connectivity index (χ1) is 9.06. The molecule has 0 unspecified atom stereocenters. The van der Waals surface area contributed by atoms with Gasteiger partial charge in [0, 0.05) is 23.5 Å². The molecular weight excluding hydrogens is 243 g/mol. The molecule has 0 saturated heterocycles. The fourth-order valence-corrected chi connectivity index (χ4v) is 1.94. The molecular formula is C15H17FN2O. The van der Waals surface area contributed by atoms with E-state index in [1.807, 2.05) is 32.0 Å². The van der Waals surface area contributed by atoms with Gasteiger partial charge in [-0.3, -0.25) is 4.98 Å². The van der Waals surface area contributed by atoms with E-state index in [4.69, 9.17) is 4.74 Å². The molecule has 1 aromatic carbocycles. The summed E-state index contributed by atoms with van der Waals surface area (Å²) in [7, 11) is 1.63. The summed E-state index contributed by atoms with van der Waals surface area (Å²) in [6.45, 7) is 4.31. The maximum absolute atomic E-state index is 13.3. The van der Waals surface area contributed by atoms with Crippen molar-refractivity contribution >= 4 is 5.69 Å². The fraction of sp³-hybridized carbons (Fsp3) is 0.267. The van der Waals surface area contributed by atoms with Crippen molar-refractivity contribution in [2.24, 2.45) is 0 Å². The first-order valence-corrected chi connectivity index (χ1v) is 6.09. The third kappa shape index (κ3) is 3.68. The van der Waals surface area contributed by atoms with E-state index < -0.39 is 0 Å². The van der Waals surface area contributed by atoms with Gasteiger partial charge in [-0.05, 0) is 37.6 Å². The maximum Gasteiger partial charge on any atom is 0.125 e. The van der Waals surface area contributed by atoms with Crippen molar-refractivity contribution in [3.63, 3.8) is 0 Å². The summed E-state index contributed by atoms with van der Waals surface area (Å²) in [5.41, 5.74) is 3.39. The number of hydrogen-bond donors (Lipinski definition) is 1. The van der Waals surface area contributed by atoms with Crippen LogP contribution in [0.3, 0.4) is 0 Å². The Morgan fingerprint density at radius 3 is 2.63 bits per heavy atom. The Kier molecular flexibility index (Phi) is 4.00. The summed E-state index contributed by atoms with van der Waals surface area (Å²) >= 11 is 0. The highest BCUT2D eigenvalue weighted by molar-refractivity contribution is 5.46. The van der Waals surface area contributed by atoms with Crippen LogP contribution in [0.4, 0.5) is 10.1 Å². The molecule has 2 aromatic rings. The molecule has 0 amide bonds. The molecule has 1 heterocycles. The number of pyridine rings is 1. The zero-order valence-electron chi connectivity index (χ0n) is 11.3. The van der Waals surface area contributed by atoms with Crippen LogP contribution in [-0.4, -0.2) is 12.1 Å². The van der Waals surface area contributed by atoms with E-state index >= 15 is 0 Å². The normalized spacial score (nSPS) is 10.3. The number of nitrogens with one attached hydrogen (secondary N) is 1. The van der Waals surface area contributed by atoms with Gasteiger partial charge in [0.15, 0.2) is 0 Å². The van der Waals surface area contributed by atoms with Crippen LogP contribution in [0.15, 0.2) is 30.3 Å². The van der Waals surface area contributed by atoms with Crippen LogP contribution in [0.25, 0.3) is 0 Å². The molecule has 1 N–H and O–H groups in total. The van der Waals surface area contributed by atoms with Crippen molar-refractivity contribution in [1.82, 2.24) is 4.98 Å². The second kappa shape index (κ2) is 5.69. The van der Waals surface area contributed by atoms with Crippen LogP contribution in [0, 0.1) is 19.7 Å². The smallest absolute Gasteiger partial charge is 0.125 e. The Morgan fingerprint density at radius 2 is 1.95 bits per heavy atom. The minimum atomic E-state index is -0.239. The van der Waals surface area contributed by atoms with Crippen LogP contribution in [0.2, 0.25) is 0 Å². The second-order valence-electron chi connectivity index (χ2n) is 4.51. The Hall–Kier alpha value is -2.10. The lowest BCUT2D eigenvalue weighted by atomic mass is 10.2. The first-order valence-electron chi connectivity index (χ1n) is 6.09. The predicted octanol–water partition coefficient (Wildman–Crippen LogP) is 3.46. The van der Waals surface area contributed by atoms with E-state index in [0.29, 0.717) is 6.54 Å². The zero-order chi connectivity index (χ0) is 13.8. The van der Waals surface area contributed by atoms with Crippen LogP contribution < -0.4 is 10.1 Å². The van der Waals surface area contributed by atoms with Crippen molar-refractivity contribution in [3.8, 4) is 5.75 Å². The third-order valence-electron chi connectivity index (χ3n) is 2.73. The molecule has 2 rings (SSSR count). The molecule has 1 aromatic heterocycles. The van der Waals surface area contributed by atoms with Gasteiger partial charge in [-0.25, -0.2) is 4.39 Å². The largest absolute Gasteiger partial charge is 0.497 e. The van der Waals surface area contributed by atoms with Crippen molar-refractivity contribution in [3.05, 3.63) is 53.1 Å².